The van der Waals surface area contributed by atoms with E-state index in [9.17, 15) is 0 Å². The highest BCUT2D eigenvalue weighted by molar-refractivity contribution is 6.31. The summed E-state index contributed by atoms with van der Waals surface area (Å²) in [4.78, 5) is 0. The second-order valence-corrected chi connectivity index (χ2v) is 5.46. The average molecular weight is 293 g/mol. The van der Waals surface area contributed by atoms with Gasteiger partial charge in [0.05, 0.1) is 5.69 Å². The predicted octanol–water partition coefficient (Wildman–Crippen LogP) is 2.83. The normalized spacial score (nSPS) is 12.7. The molecule has 20 heavy (non-hydrogen) atoms. The first-order chi connectivity index (χ1) is 9.54. The van der Waals surface area contributed by atoms with Gasteiger partial charge in [-0.15, -0.1) is 0 Å². The van der Waals surface area contributed by atoms with Gasteiger partial charge in [0.1, 0.15) is 0 Å². The Morgan fingerprint density at radius 2 is 2.05 bits per heavy atom. The molecule has 2 aromatic rings. The third-order valence-electron chi connectivity index (χ3n) is 3.82. The minimum Gasteiger partial charge on any atom is -0.272 e. The van der Waals surface area contributed by atoms with E-state index in [0.29, 0.717) is 0 Å². The van der Waals surface area contributed by atoms with Crippen LogP contribution >= 0.6 is 11.6 Å². The molecular weight excluding hydrogens is 272 g/mol. The van der Waals surface area contributed by atoms with Crippen LogP contribution in [0.15, 0.2) is 24.3 Å². The maximum atomic E-state index is 6.23. The molecule has 0 spiro atoms. The van der Waals surface area contributed by atoms with E-state index < -0.39 is 0 Å². The Labute approximate surface area is 124 Å². The molecule has 5 heteroatoms. The summed E-state index contributed by atoms with van der Waals surface area (Å²) in [5.74, 6) is 5.69. The fourth-order valence-electron chi connectivity index (χ4n) is 2.55. The number of aromatic nitrogens is 2. The average Bonchev–Trinajstić information content (AvgIpc) is 2.67. The number of aryl methyl sites for hydroxylation is 2. The van der Waals surface area contributed by atoms with Gasteiger partial charge in [0.25, 0.3) is 0 Å². The van der Waals surface area contributed by atoms with Crippen LogP contribution < -0.4 is 11.3 Å². The van der Waals surface area contributed by atoms with E-state index in [4.69, 9.17) is 17.4 Å². The summed E-state index contributed by atoms with van der Waals surface area (Å²) in [5.41, 5.74) is 7.48. The fourth-order valence-corrected chi connectivity index (χ4v) is 2.82. The summed E-state index contributed by atoms with van der Waals surface area (Å²) in [7, 11) is 1.97. The molecule has 0 saturated carbocycles. The number of hydrazine groups is 1. The van der Waals surface area contributed by atoms with Crippen LogP contribution in [-0.2, 0) is 13.5 Å². The molecule has 4 nitrogen and oxygen atoms in total. The highest BCUT2D eigenvalue weighted by atomic mass is 35.5. The quantitative estimate of drug-likeness (QED) is 0.658. The van der Waals surface area contributed by atoms with E-state index in [2.05, 4.69) is 17.4 Å². The minimum atomic E-state index is 0.0442. The highest BCUT2D eigenvalue weighted by Crippen LogP contribution is 2.26. The van der Waals surface area contributed by atoms with E-state index in [1.54, 1.807) is 0 Å². The van der Waals surface area contributed by atoms with Crippen LogP contribution in [-0.4, -0.2) is 9.78 Å². The van der Waals surface area contributed by atoms with Crippen molar-refractivity contribution in [2.45, 2.75) is 32.7 Å². The Hall–Kier alpha value is -1.36. The third-order valence-corrected chi connectivity index (χ3v) is 4.17. The highest BCUT2D eigenvalue weighted by Gasteiger charge is 2.16. The number of nitrogens with two attached hydrogens (primary N) is 1. The number of benzene rings is 1. The summed E-state index contributed by atoms with van der Waals surface area (Å²) in [6.07, 6.45) is 1.80. The van der Waals surface area contributed by atoms with Crippen molar-refractivity contribution < 1.29 is 0 Å². The molecule has 0 fully saturated rings. The first-order valence-corrected chi connectivity index (χ1v) is 7.12. The van der Waals surface area contributed by atoms with Gasteiger partial charge in [0.2, 0.25) is 0 Å². The van der Waals surface area contributed by atoms with Gasteiger partial charge in [-0.3, -0.25) is 16.0 Å². The van der Waals surface area contributed by atoms with Crippen molar-refractivity contribution in [1.82, 2.24) is 15.2 Å². The van der Waals surface area contributed by atoms with Crippen molar-refractivity contribution in [1.29, 1.82) is 0 Å². The Kier molecular flexibility index (Phi) is 4.81. The van der Waals surface area contributed by atoms with Crippen LogP contribution in [0.1, 0.15) is 35.0 Å². The Bertz CT molecular complexity index is 592. The molecule has 1 aromatic carbocycles. The van der Waals surface area contributed by atoms with Crippen molar-refractivity contribution in [2.24, 2.45) is 12.9 Å². The lowest BCUT2D eigenvalue weighted by molar-refractivity contribution is 0.515. The summed E-state index contributed by atoms with van der Waals surface area (Å²) in [6.45, 7) is 4.14. The van der Waals surface area contributed by atoms with Crippen LogP contribution in [0.5, 0.6) is 0 Å². The molecule has 0 amide bonds. The molecule has 1 heterocycles. The van der Waals surface area contributed by atoms with Crippen molar-refractivity contribution in [3.63, 3.8) is 0 Å². The van der Waals surface area contributed by atoms with Gasteiger partial charge in [-0.05, 0) is 43.9 Å². The zero-order valence-electron chi connectivity index (χ0n) is 12.2. The second kappa shape index (κ2) is 6.39. The molecule has 1 aromatic heterocycles. The van der Waals surface area contributed by atoms with Crippen LogP contribution in [0.4, 0.5) is 0 Å². The van der Waals surface area contributed by atoms with Crippen LogP contribution in [0.3, 0.4) is 0 Å². The molecule has 1 unspecified atom stereocenters. The number of nitrogens with zero attached hydrogens (tertiary/aromatic N) is 2. The molecule has 0 aliphatic rings. The van der Waals surface area contributed by atoms with Gasteiger partial charge in [0, 0.05) is 23.8 Å². The molecule has 0 aliphatic heterocycles. The van der Waals surface area contributed by atoms with Crippen LogP contribution in [0.2, 0.25) is 5.02 Å². The lowest BCUT2D eigenvalue weighted by atomic mass is 9.98. The standard InChI is InChI=1S/C15H21ClN4/c1-10-12(11(2)20(3)19-10)8-9-15(18-17)13-6-4-5-7-14(13)16/h4-7,15,18H,8-9,17H2,1-3H3. The number of hydrogen-bond donors (Lipinski definition) is 2. The Morgan fingerprint density at radius 1 is 1.35 bits per heavy atom. The maximum Gasteiger partial charge on any atom is 0.0628 e. The molecule has 1 atom stereocenters. The largest absolute Gasteiger partial charge is 0.272 e. The molecule has 0 radical (unpaired) electrons. The lowest BCUT2D eigenvalue weighted by Crippen LogP contribution is -2.28. The maximum absolute atomic E-state index is 6.23. The van der Waals surface area contributed by atoms with Gasteiger partial charge in [-0.2, -0.15) is 5.10 Å². The molecule has 0 aliphatic carbocycles. The van der Waals surface area contributed by atoms with Crippen molar-refractivity contribution in [3.8, 4) is 0 Å². The monoisotopic (exact) mass is 292 g/mol. The lowest BCUT2D eigenvalue weighted by Gasteiger charge is -2.17. The van der Waals surface area contributed by atoms with Crippen molar-refractivity contribution in [2.75, 3.05) is 0 Å². The summed E-state index contributed by atoms with van der Waals surface area (Å²) < 4.78 is 1.92. The van der Waals surface area contributed by atoms with Crippen LogP contribution in [0.25, 0.3) is 0 Å². The van der Waals surface area contributed by atoms with E-state index in [1.807, 2.05) is 42.9 Å². The first-order valence-electron chi connectivity index (χ1n) is 6.74. The summed E-state index contributed by atoms with van der Waals surface area (Å²) in [6, 6.07) is 7.85. The molecule has 0 bridgehead atoms. The predicted molar refractivity (Wildman–Crippen MR) is 82.5 cm³/mol. The number of rotatable bonds is 5. The number of halogens is 1. The summed E-state index contributed by atoms with van der Waals surface area (Å²) in [5, 5.41) is 5.19. The summed E-state index contributed by atoms with van der Waals surface area (Å²) >= 11 is 6.23. The Balaban J connectivity index is 2.14. The zero-order valence-corrected chi connectivity index (χ0v) is 12.9. The SMILES string of the molecule is Cc1nn(C)c(C)c1CCC(NN)c1ccccc1Cl. The topological polar surface area (TPSA) is 55.9 Å². The molecule has 2 rings (SSSR count). The smallest absolute Gasteiger partial charge is 0.0628 e. The second-order valence-electron chi connectivity index (χ2n) is 5.05. The van der Waals surface area contributed by atoms with E-state index in [-0.39, 0.29) is 6.04 Å². The number of nitrogens with one attached hydrogen (secondary N) is 1. The van der Waals surface area contributed by atoms with Crippen molar-refractivity contribution >= 4 is 11.6 Å². The van der Waals surface area contributed by atoms with E-state index in [0.717, 1.165) is 29.1 Å². The van der Waals surface area contributed by atoms with Gasteiger partial charge in [-0.1, -0.05) is 29.8 Å². The Morgan fingerprint density at radius 3 is 2.60 bits per heavy atom. The zero-order chi connectivity index (χ0) is 14.7. The van der Waals surface area contributed by atoms with Gasteiger partial charge >= 0.3 is 0 Å². The first kappa shape index (κ1) is 15.0. The molecule has 0 saturated heterocycles. The van der Waals surface area contributed by atoms with Gasteiger partial charge in [-0.25, -0.2) is 0 Å². The van der Waals surface area contributed by atoms with Crippen molar-refractivity contribution in [3.05, 3.63) is 51.8 Å². The van der Waals surface area contributed by atoms with Crippen LogP contribution in [0, 0.1) is 13.8 Å². The number of hydrogen-bond acceptors (Lipinski definition) is 3. The van der Waals surface area contributed by atoms with E-state index >= 15 is 0 Å². The van der Waals surface area contributed by atoms with E-state index in [1.165, 1.54) is 11.3 Å². The minimum absolute atomic E-state index is 0.0442. The molecule has 3 N–H and O–H groups in total. The molecule has 108 valence electrons. The molecular formula is C15H21ClN4. The van der Waals surface area contributed by atoms with Gasteiger partial charge in [0.15, 0.2) is 0 Å². The van der Waals surface area contributed by atoms with Gasteiger partial charge < -0.3 is 0 Å². The fraction of sp³-hybridized carbons (Fsp3) is 0.400. The third kappa shape index (κ3) is 3.03.